The zero-order valence-corrected chi connectivity index (χ0v) is 16.7. The summed E-state index contributed by atoms with van der Waals surface area (Å²) >= 11 is 0. The van der Waals surface area contributed by atoms with Crippen molar-refractivity contribution >= 4 is 6.09 Å². The smallest absolute Gasteiger partial charge is 0.407 e. The van der Waals surface area contributed by atoms with Crippen LogP contribution in [0, 0.1) is 5.82 Å². The normalized spacial score (nSPS) is 14.4. The summed E-state index contributed by atoms with van der Waals surface area (Å²) in [6.45, 7) is 0.289. The maximum absolute atomic E-state index is 13.2. The van der Waals surface area contributed by atoms with Gasteiger partial charge in [-0.3, -0.25) is 4.98 Å². The van der Waals surface area contributed by atoms with E-state index >= 15 is 0 Å². The van der Waals surface area contributed by atoms with Crippen molar-refractivity contribution in [1.82, 2.24) is 10.3 Å². The summed E-state index contributed by atoms with van der Waals surface area (Å²) in [5, 5.41) is 22.8. The van der Waals surface area contributed by atoms with Crippen LogP contribution in [0.3, 0.4) is 0 Å². The highest BCUT2D eigenvalue weighted by atomic mass is 19.1. The summed E-state index contributed by atoms with van der Waals surface area (Å²) in [4.78, 5) is 15.8. The van der Waals surface area contributed by atoms with Crippen molar-refractivity contribution in [1.29, 1.82) is 0 Å². The fourth-order valence-corrected chi connectivity index (χ4v) is 3.94. The number of rotatable bonds is 7. The lowest BCUT2D eigenvalue weighted by molar-refractivity contribution is 0.0133. The first-order valence-corrected chi connectivity index (χ1v) is 10.1. The van der Waals surface area contributed by atoms with Crippen LogP contribution in [-0.4, -0.2) is 40.5 Å². The minimum absolute atomic E-state index is 0.0361. The van der Waals surface area contributed by atoms with Gasteiger partial charge in [0, 0.05) is 24.2 Å². The molecule has 31 heavy (non-hydrogen) atoms. The van der Waals surface area contributed by atoms with Crippen molar-refractivity contribution in [3.63, 3.8) is 0 Å². The first-order valence-electron chi connectivity index (χ1n) is 10.1. The van der Waals surface area contributed by atoms with Gasteiger partial charge >= 0.3 is 6.09 Å². The van der Waals surface area contributed by atoms with Gasteiger partial charge in [0.1, 0.15) is 18.5 Å². The van der Waals surface area contributed by atoms with Crippen LogP contribution in [0.2, 0.25) is 0 Å². The molecule has 0 radical (unpaired) electrons. The molecule has 3 N–H and O–H groups in total. The molecule has 1 aliphatic rings. The number of nitrogens with one attached hydrogen (secondary N) is 1. The molecule has 0 aliphatic heterocycles. The van der Waals surface area contributed by atoms with E-state index in [0.717, 1.165) is 34.5 Å². The number of hydrogen-bond acceptors (Lipinski definition) is 5. The topological polar surface area (TPSA) is 91.7 Å². The molecule has 0 fully saturated rings. The fraction of sp³-hybridized carbons (Fsp3) is 0.250. The third-order valence-corrected chi connectivity index (χ3v) is 5.49. The van der Waals surface area contributed by atoms with E-state index in [1.54, 1.807) is 0 Å². The third kappa shape index (κ3) is 4.57. The van der Waals surface area contributed by atoms with Gasteiger partial charge in [0.15, 0.2) is 0 Å². The molecule has 4 rings (SSSR count). The van der Waals surface area contributed by atoms with E-state index in [9.17, 15) is 19.4 Å². The summed E-state index contributed by atoms with van der Waals surface area (Å²) in [5.74, 6) is -0.633. The number of hydrogen-bond donors (Lipinski definition) is 3. The molecule has 2 atom stereocenters. The summed E-state index contributed by atoms with van der Waals surface area (Å²) in [5.41, 5.74) is 4.72. The van der Waals surface area contributed by atoms with Crippen molar-refractivity contribution < 1.29 is 24.1 Å². The number of ether oxygens (including phenoxy) is 1. The van der Waals surface area contributed by atoms with Crippen LogP contribution in [-0.2, 0) is 4.74 Å². The number of carbonyl (C=O) groups excluding carboxylic acids is 1. The Kier molecular flexibility index (Phi) is 6.25. The second kappa shape index (κ2) is 9.24. The lowest BCUT2D eigenvalue weighted by Gasteiger charge is -2.18. The van der Waals surface area contributed by atoms with E-state index in [1.165, 1.54) is 6.20 Å². The highest BCUT2D eigenvalue weighted by Gasteiger charge is 2.29. The number of alkyl carbamates (subject to hydrolysis) is 1. The molecule has 160 valence electrons. The molecule has 0 spiro atoms. The predicted molar refractivity (Wildman–Crippen MR) is 113 cm³/mol. The Morgan fingerprint density at radius 1 is 1.06 bits per heavy atom. The number of amides is 1. The van der Waals surface area contributed by atoms with E-state index in [-0.39, 0.29) is 31.1 Å². The Morgan fingerprint density at radius 2 is 1.71 bits per heavy atom. The van der Waals surface area contributed by atoms with Crippen LogP contribution < -0.4 is 5.32 Å². The zero-order valence-electron chi connectivity index (χ0n) is 16.7. The highest BCUT2D eigenvalue weighted by Crippen LogP contribution is 2.44. The molecular weight excluding hydrogens is 399 g/mol. The van der Waals surface area contributed by atoms with Crippen LogP contribution in [0.25, 0.3) is 11.1 Å². The second-order valence-electron chi connectivity index (χ2n) is 7.49. The molecule has 0 saturated heterocycles. The Morgan fingerprint density at radius 3 is 2.35 bits per heavy atom. The summed E-state index contributed by atoms with van der Waals surface area (Å²) in [6, 6.07) is 17.2. The van der Waals surface area contributed by atoms with Crippen molar-refractivity contribution in [2.45, 2.75) is 24.5 Å². The van der Waals surface area contributed by atoms with Gasteiger partial charge in [0.25, 0.3) is 0 Å². The predicted octanol–water partition coefficient (Wildman–Crippen LogP) is 3.54. The molecule has 0 bridgehead atoms. The summed E-state index contributed by atoms with van der Waals surface area (Å²) in [6.07, 6.45) is -0.708. The van der Waals surface area contributed by atoms with Crippen molar-refractivity contribution in [3.8, 4) is 11.1 Å². The average molecular weight is 422 g/mol. The van der Waals surface area contributed by atoms with E-state index < -0.39 is 24.1 Å². The minimum atomic E-state index is -1.30. The monoisotopic (exact) mass is 422 g/mol. The van der Waals surface area contributed by atoms with Gasteiger partial charge in [-0.15, -0.1) is 0 Å². The number of aromatic nitrogens is 1. The molecule has 1 aliphatic carbocycles. The number of aliphatic hydroxyl groups is 2. The number of fused-ring (bicyclic) bond motifs is 3. The molecule has 2 unspecified atom stereocenters. The van der Waals surface area contributed by atoms with Crippen molar-refractivity contribution in [2.75, 3.05) is 13.2 Å². The van der Waals surface area contributed by atoms with Gasteiger partial charge in [-0.2, -0.15) is 0 Å². The third-order valence-electron chi connectivity index (χ3n) is 5.49. The number of nitrogens with zero attached hydrogens (tertiary/aromatic N) is 1. The molecule has 1 heterocycles. The Bertz CT molecular complexity index is 1030. The molecule has 0 saturated carbocycles. The first kappa shape index (κ1) is 21.0. The molecular formula is C24H23FN2O4. The lowest BCUT2D eigenvalue weighted by Crippen LogP contribution is -2.30. The molecule has 6 nitrogen and oxygen atoms in total. The minimum Gasteiger partial charge on any atom is -0.449 e. The molecule has 1 amide bonds. The SMILES string of the molecule is O=C(NCCC(O)C(O)c1cncc(F)c1)OCC1c2ccccc2-c2ccccc21. The van der Waals surface area contributed by atoms with Gasteiger partial charge in [0.05, 0.1) is 12.3 Å². The fourth-order valence-electron chi connectivity index (χ4n) is 3.94. The highest BCUT2D eigenvalue weighted by molar-refractivity contribution is 5.79. The Hall–Kier alpha value is -3.29. The quantitative estimate of drug-likeness (QED) is 0.542. The number of carbonyl (C=O) groups is 1. The Labute approximate surface area is 179 Å². The van der Waals surface area contributed by atoms with Gasteiger partial charge < -0.3 is 20.3 Å². The van der Waals surface area contributed by atoms with Gasteiger partial charge in [-0.25, -0.2) is 9.18 Å². The second-order valence-corrected chi connectivity index (χ2v) is 7.49. The van der Waals surface area contributed by atoms with Crippen LogP contribution in [0.1, 0.15) is 35.1 Å². The van der Waals surface area contributed by atoms with Crippen molar-refractivity contribution in [3.05, 3.63) is 89.5 Å². The van der Waals surface area contributed by atoms with E-state index in [4.69, 9.17) is 4.74 Å². The standard InChI is InChI=1S/C24H23FN2O4/c25-16-11-15(12-26-13-16)23(29)22(28)9-10-27-24(30)31-14-21-19-7-3-1-5-17(19)18-6-2-4-8-20(18)21/h1-8,11-13,21-23,28-29H,9-10,14H2,(H,27,30). The maximum Gasteiger partial charge on any atom is 0.407 e. The van der Waals surface area contributed by atoms with E-state index in [2.05, 4.69) is 22.4 Å². The number of pyridine rings is 1. The number of halogens is 1. The van der Waals surface area contributed by atoms with Crippen LogP contribution in [0.4, 0.5) is 9.18 Å². The first-order chi connectivity index (χ1) is 15.0. The van der Waals surface area contributed by atoms with Gasteiger partial charge in [-0.05, 0) is 34.7 Å². The number of benzene rings is 2. The van der Waals surface area contributed by atoms with E-state index in [1.807, 2.05) is 36.4 Å². The van der Waals surface area contributed by atoms with Gasteiger partial charge in [0.2, 0.25) is 0 Å². The Balaban J connectivity index is 1.28. The van der Waals surface area contributed by atoms with Crippen LogP contribution in [0.5, 0.6) is 0 Å². The molecule has 1 aromatic heterocycles. The molecule has 3 aromatic rings. The zero-order chi connectivity index (χ0) is 21.8. The molecule has 2 aromatic carbocycles. The number of aliphatic hydroxyl groups excluding tert-OH is 2. The average Bonchev–Trinajstić information content (AvgIpc) is 3.11. The van der Waals surface area contributed by atoms with E-state index in [0.29, 0.717) is 0 Å². The largest absolute Gasteiger partial charge is 0.449 e. The molecule has 7 heteroatoms. The summed E-state index contributed by atoms with van der Waals surface area (Å²) < 4.78 is 18.6. The van der Waals surface area contributed by atoms with Crippen LogP contribution in [0.15, 0.2) is 67.0 Å². The lowest BCUT2D eigenvalue weighted by atomic mass is 9.98. The van der Waals surface area contributed by atoms with Crippen molar-refractivity contribution in [2.24, 2.45) is 0 Å². The summed E-state index contributed by atoms with van der Waals surface area (Å²) in [7, 11) is 0. The van der Waals surface area contributed by atoms with Gasteiger partial charge in [-0.1, -0.05) is 48.5 Å². The maximum atomic E-state index is 13.2. The van der Waals surface area contributed by atoms with Crippen LogP contribution >= 0.6 is 0 Å².